The monoisotopic (exact) mass is 382 g/mol. The van der Waals surface area contributed by atoms with Crippen molar-refractivity contribution >= 4 is 34.7 Å². The SMILES string of the molecule is COc1ccc(NC(=O)c2cc(Nc3ccc(C)cc3)nc(C)n2)cc1Cl. The van der Waals surface area contributed by atoms with Crippen LogP contribution in [-0.4, -0.2) is 23.0 Å². The summed E-state index contributed by atoms with van der Waals surface area (Å²) in [6.07, 6.45) is 0. The third-order valence-corrected chi connectivity index (χ3v) is 4.10. The summed E-state index contributed by atoms with van der Waals surface area (Å²) in [5, 5.41) is 6.38. The van der Waals surface area contributed by atoms with Crippen molar-refractivity contribution in [3.63, 3.8) is 0 Å². The minimum atomic E-state index is -0.353. The number of aryl methyl sites for hydroxylation is 2. The summed E-state index contributed by atoms with van der Waals surface area (Å²) in [5.74, 6) is 1.22. The van der Waals surface area contributed by atoms with Crippen LogP contribution >= 0.6 is 11.6 Å². The van der Waals surface area contributed by atoms with Crippen LogP contribution in [0.2, 0.25) is 5.02 Å². The lowest BCUT2D eigenvalue weighted by atomic mass is 10.2. The number of aromatic nitrogens is 2. The second-order valence-corrected chi connectivity index (χ2v) is 6.39. The van der Waals surface area contributed by atoms with Crippen molar-refractivity contribution in [1.29, 1.82) is 0 Å². The Morgan fingerprint density at radius 3 is 2.37 bits per heavy atom. The molecule has 0 aliphatic rings. The average Bonchev–Trinajstić information content (AvgIpc) is 2.63. The molecule has 0 saturated heterocycles. The number of hydrogen-bond donors (Lipinski definition) is 2. The Balaban J connectivity index is 1.79. The Hall–Kier alpha value is -3.12. The number of amides is 1. The zero-order valence-electron chi connectivity index (χ0n) is 15.2. The van der Waals surface area contributed by atoms with E-state index in [1.54, 1.807) is 31.2 Å². The Labute approximate surface area is 162 Å². The van der Waals surface area contributed by atoms with Gasteiger partial charge in [-0.3, -0.25) is 4.79 Å². The van der Waals surface area contributed by atoms with Gasteiger partial charge in [0, 0.05) is 17.4 Å². The summed E-state index contributed by atoms with van der Waals surface area (Å²) in [7, 11) is 1.53. The fraction of sp³-hybridized carbons (Fsp3) is 0.150. The number of carbonyl (C=O) groups is 1. The first-order chi connectivity index (χ1) is 12.9. The zero-order valence-corrected chi connectivity index (χ0v) is 16.0. The minimum Gasteiger partial charge on any atom is -0.495 e. The number of ether oxygens (including phenoxy) is 1. The second kappa shape index (κ2) is 8.05. The molecule has 0 atom stereocenters. The molecule has 3 aromatic rings. The van der Waals surface area contributed by atoms with Crippen molar-refractivity contribution in [3.05, 3.63) is 70.6 Å². The second-order valence-electron chi connectivity index (χ2n) is 5.98. The number of carbonyl (C=O) groups excluding carboxylic acids is 1. The van der Waals surface area contributed by atoms with Crippen LogP contribution in [0.1, 0.15) is 21.9 Å². The first kappa shape index (κ1) is 18.7. The molecule has 0 fully saturated rings. The third kappa shape index (κ3) is 4.74. The van der Waals surface area contributed by atoms with E-state index >= 15 is 0 Å². The van der Waals surface area contributed by atoms with E-state index in [-0.39, 0.29) is 11.6 Å². The number of rotatable bonds is 5. The molecule has 2 N–H and O–H groups in total. The van der Waals surface area contributed by atoms with E-state index in [1.807, 2.05) is 31.2 Å². The highest BCUT2D eigenvalue weighted by Crippen LogP contribution is 2.27. The lowest BCUT2D eigenvalue weighted by Crippen LogP contribution is -2.15. The highest BCUT2D eigenvalue weighted by Gasteiger charge is 2.12. The molecule has 0 aliphatic carbocycles. The van der Waals surface area contributed by atoms with Gasteiger partial charge in [-0.25, -0.2) is 9.97 Å². The van der Waals surface area contributed by atoms with E-state index in [0.29, 0.717) is 28.1 Å². The van der Waals surface area contributed by atoms with E-state index in [1.165, 1.54) is 7.11 Å². The predicted octanol–water partition coefficient (Wildman–Crippen LogP) is 4.75. The fourth-order valence-corrected chi connectivity index (χ4v) is 2.73. The smallest absolute Gasteiger partial charge is 0.274 e. The van der Waals surface area contributed by atoms with E-state index in [4.69, 9.17) is 16.3 Å². The van der Waals surface area contributed by atoms with Crippen LogP contribution in [0.5, 0.6) is 5.75 Å². The van der Waals surface area contributed by atoms with Gasteiger partial charge in [-0.1, -0.05) is 29.3 Å². The fourth-order valence-electron chi connectivity index (χ4n) is 2.47. The van der Waals surface area contributed by atoms with Gasteiger partial charge in [0.05, 0.1) is 12.1 Å². The van der Waals surface area contributed by atoms with Gasteiger partial charge in [-0.15, -0.1) is 0 Å². The van der Waals surface area contributed by atoms with Crippen molar-refractivity contribution in [1.82, 2.24) is 9.97 Å². The van der Waals surface area contributed by atoms with Crippen molar-refractivity contribution in [3.8, 4) is 5.75 Å². The summed E-state index contributed by atoms with van der Waals surface area (Å²) in [5.41, 5.74) is 2.85. The molecule has 0 aliphatic heterocycles. The van der Waals surface area contributed by atoms with Crippen LogP contribution in [-0.2, 0) is 0 Å². The number of methoxy groups -OCH3 is 1. The molecule has 1 aromatic heterocycles. The standard InChI is InChI=1S/C20H19ClN4O2/c1-12-4-6-14(7-5-12)24-19-11-17(22-13(2)23-19)20(26)25-15-8-9-18(27-3)16(21)10-15/h4-11H,1-3H3,(H,25,26)(H,22,23,24). The quantitative estimate of drug-likeness (QED) is 0.665. The van der Waals surface area contributed by atoms with Crippen molar-refractivity contribution < 1.29 is 9.53 Å². The number of benzene rings is 2. The summed E-state index contributed by atoms with van der Waals surface area (Å²) < 4.78 is 5.11. The Morgan fingerprint density at radius 1 is 1.00 bits per heavy atom. The van der Waals surface area contributed by atoms with E-state index in [2.05, 4.69) is 20.6 Å². The van der Waals surface area contributed by atoms with Gasteiger partial charge in [0.25, 0.3) is 5.91 Å². The topological polar surface area (TPSA) is 76.1 Å². The maximum Gasteiger partial charge on any atom is 0.274 e. The molecule has 0 bridgehead atoms. The van der Waals surface area contributed by atoms with E-state index in [9.17, 15) is 4.79 Å². The number of anilines is 3. The molecule has 0 saturated carbocycles. The largest absolute Gasteiger partial charge is 0.495 e. The van der Waals surface area contributed by atoms with Gasteiger partial charge >= 0.3 is 0 Å². The predicted molar refractivity (Wildman–Crippen MR) is 107 cm³/mol. The molecule has 7 heteroatoms. The minimum absolute atomic E-state index is 0.254. The first-order valence-corrected chi connectivity index (χ1v) is 8.66. The molecular weight excluding hydrogens is 364 g/mol. The maximum absolute atomic E-state index is 12.6. The van der Waals surface area contributed by atoms with Crippen molar-refractivity contribution in [2.24, 2.45) is 0 Å². The first-order valence-electron chi connectivity index (χ1n) is 8.29. The Kier molecular flexibility index (Phi) is 5.57. The summed E-state index contributed by atoms with van der Waals surface area (Å²) in [6, 6.07) is 14.5. The summed E-state index contributed by atoms with van der Waals surface area (Å²) in [4.78, 5) is 21.1. The average molecular weight is 383 g/mol. The molecule has 0 spiro atoms. The van der Waals surface area contributed by atoms with Crippen molar-refractivity contribution in [2.75, 3.05) is 17.7 Å². The van der Waals surface area contributed by atoms with Crippen LogP contribution in [0.4, 0.5) is 17.2 Å². The molecule has 1 amide bonds. The van der Waals surface area contributed by atoms with Crippen LogP contribution < -0.4 is 15.4 Å². The molecule has 0 radical (unpaired) electrons. The van der Waals surface area contributed by atoms with Gasteiger partial charge in [0.2, 0.25) is 0 Å². The number of nitrogens with one attached hydrogen (secondary N) is 2. The van der Waals surface area contributed by atoms with Gasteiger partial charge < -0.3 is 15.4 Å². The van der Waals surface area contributed by atoms with Crippen LogP contribution in [0.25, 0.3) is 0 Å². The summed E-state index contributed by atoms with van der Waals surface area (Å²) >= 11 is 6.10. The Bertz CT molecular complexity index is 974. The lowest BCUT2D eigenvalue weighted by Gasteiger charge is -2.10. The molecular formula is C20H19ClN4O2. The highest BCUT2D eigenvalue weighted by atomic mass is 35.5. The number of hydrogen-bond acceptors (Lipinski definition) is 5. The third-order valence-electron chi connectivity index (χ3n) is 3.80. The van der Waals surface area contributed by atoms with Gasteiger partial charge in [-0.05, 0) is 44.2 Å². The molecule has 0 unspecified atom stereocenters. The van der Waals surface area contributed by atoms with Gasteiger partial charge in [-0.2, -0.15) is 0 Å². The summed E-state index contributed by atoms with van der Waals surface area (Å²) in [6.45, 7) is 3.76. The van der Waals surface area contributed by atoms with E-state index in [0.717, 1.165) is 11.3 Å². The van der Waals surface area contributed by atoms with Crippen molar-refractivity contribution in [2.45, 2.75) is 13.8 Å². The Morgan fingerprint density at radius 2 is 1.70 bits per heavy atom. The zero-order chi connectivity index (χ0) is 19.4. The highest BCUT2D eigenvalue weighted by molar-refractivity contribution is 6.32. The van der Waals surface area contributed by atoms with E-state index < -0.39 is 0 Å². The lowest BCUT2D eigenvalue weighted by molar-refractivity contribution is 0.102. The van der Waals surface area contributed by atoms with Crippen LogP contribution in [0.3, 0.4) is 0 Å². The molecule has 3 rings (SSSR count). The van der Waals surface area contributed by atoms with Gasteiger partial charge in [0.15, 0.2) is 0 Å². The number of halogens is 1. The number of nitrogens with zero attached hydrogens (tertiary/aromatic N) is 2. The molecule has 6 nitrogen and oxygen atoms in total. The van der Waals surface area contributed by atoms with Crippen LogP contribution in [0, 0.1) is 13.8 Å². The van der Waals surface area contributed by atoms with Crippen LogP contribution in [0.15, 0.2) is 48.5 Å². The molecule has 27 heavy (non-hydrogen) atoms. The molecule has 1 heterocycles. The molecule has 138 valence electrons. The molecule has 2 aromatic carbocycles. The maximum atomic E-state index is 12.6. The van der Waals surface area contributed by atoms with Gasteiger partial charge in [0.1, 0.15) is 23.1 Å². The normalized spacial score (nSPS) is 10.4.